The first-order valence-corrected chi connectivity index (χ1v) is 14.4. The Kier molecular flexibility index (Phi) is 7.87. The Balaban J connectivity index is 1.41. The van der Waals surface area contributed by atoms with E-state index in [2.05, 4.69) is 75.7 Å². The molecule has 1 amide bonds. The number of hydrogen-bond acceptors (Lipinski definition) is 5. The zero-order chi connectivity index (χ0) is 27.8. The number of carbonyl (C=O) groups is 1. The van der Waals surface area contributed by atoms with Crippen LogP contribution in [0.25, 0.3) is 10.9 Å². The maximum Gasteiger partial charge on any atom is 0.253 e. The zero-order valence-corrected chi connectivity index (χ0v) is 24.4. The van der Waals surface area contributed by atoms with Crippen molar-refractivity contribution >= 4 is 22.5 Å². The predicted octanol–water partition coefficient (Wildman–Crippen LogP) is 3.98. The molecule has 2 aliphatic rings. The van der Waals surface area contributed by atoms with Gasteiger partial charge in [-0.05, 0) is 96.9 Å². The SMILES string of the molecule is Cc1cc(C)c(CNC(=O)c2cc(N3CCN(C4CCN(C)CC4)CC3)cc3c2c(C)cn3C(C)C)c(=O)[nH]1. The smallest absolute Gasteiger partial charge is 0.253 e. The number of aromatic amines is 1. The molecule has 2 aliphatic heterocycles. The van der Waals surface area contributed by atoms with Crippen LogP contribution in [-0.4, -0.2) is 77.6 Å². The standard InChI is InChI=1S/C31H44N6O2/c1-20(2)37-19-22(4)29-26(30(38)32-18-27-21(3)15-23(5)33-31(27)39)16-25(17-28(29)37)36-13-11-35(12-14-36)24-7-9-34(6)10-8-24/h15-17,19-20,24H,7-14,18H2,1-6H3,(H,32,38)(H,33,39). The second-order valence-electron chi connectivity index (χ2n) is 11.9. The molecule has 0 aliphatic carbocycles. The van der Waals surface area contributed by atoms with E-state index in [1.165, 1.54) is 25.9 Å². The fourth-order valence-corrected chi connectivity index (χ4v) is 6.43. The molecule has 0 unspecified atom stereocenters. The number of aryl methyl sites for hydroxylation is 3. The summed E-state index contributed by atoms with van der Waals surface area (Å²) in [4.78, 5) is 36.6. The van der Waals surface area contributed by atoms with Gasteiger partial charge in [-0.1, -0.05) is 0 Å². The normalized spacial score (nSPS) is 17.9. The molecule has 2 saturated heterocycles. The topological polar surface area (TPSA) is 76.6 Å². The van der Waals surface area contributed by atoms with Crippen LogP contribution < -0.4 is 15.8 Å². The zero-order valence-electron chi connectivity index (χ0n) is 24.4. The highest BCUT2D eigenvalue weighted by Gasteiger charge is 2.28. The highest BCUT2D eigenvalue weighted by Crippen LogP contribution is 2.33. The van der Waals surface area contributed by atoms with Crippen molar-refractivity contribution < 1.29 is 4.79 Å². The van der Waals surface area contributed by atoms with E-state index in [-0.39, 0.29) is 24.1 Å². The van der Waals surface area contributed by atoms with Gasteiger partial charge in [0.15, 0.2) is 0 Å². The van der Waals surface area contributed by atoms with Gasteiger partial charge in [0.05, 0.1) is 11.1 Å². The molecule has 0 bridgehead atoms. The molecule has 0 saturated carbocycles. The average molecular weight is 533 g/mol. The van der Waals surface area contributed by atoms with Crippen molar-refractivity contribution in [1.82, 2.24) is 24.7 Å². The third-order valence-electron chi connectivity index (χ3n) is 8.71. The van der Waals surface area contributed by atoms with Gasteiger partial charge >= 0.3 is 0 Å². The number of benzene rings is 1. The molecule has 8 heteroatoms. The van der Waals surface area contributed by atoms with Gasteiger partial charge < -0.3 is 24.7 Å². The minimum atomic E-state index is -0.143. The summed E-state index contributed by atoms with van der Waals surface area (Å²) in [6.07, 6.45) is 4.65. The first-order chi connectivity index (χ1) is 18.6. The van der Waals surface area contributed by atoms with Gasteiger partial charge in [-0.25, -0.2) is 0 Å². The number of anilines is 1. The van der Waals surface area contributed by atoms with Crippen LogP contribution in [0.2, 0.25) is 0 Å². The fourth-order valence-electron chi connectivity index (χ4n) is 6.43. The molecule has 2 fully saturated rings. The Hall–Kier alpha value is -3.10. The van der Waals surface area contributed by atoms with E-state index in [1.807, 2.05) is 19.9 Å². The molecule has 0 spiro atoms. The van der Waals surface area contributed by atoms with Crippen LogP contribution in [0.4, 0.5) is 5.69 Å². The van der Waals surface area contributed by atoms with Gasteiger partial charge in [0.25, 0.3) is 11.5 Å². The molecule has 210 valence electrons. The van der Waals surface area contributed by atoms with Gasteiger partial charge in [0, 0.05) is 73.3 Å². The number of rotatable bonds is 6. The summed E-state index contributed by atoms with van der Waals surface area (Å²) in [7, 11) is 2.22. The molecule has 2 aromatic heterocycles. The minimum absolute atomic E-state index is 0.142. The largest absolute Gasteiger partial charge is 0.369 e. The number of piperazine rings is 1. The Morgan fingerprint density at radius 2 is 1.69 bits per heavy atom. The number of hydrogen-bond donors (Lipinski definition) is 2. The third-order valence-corrected chi connectivity index (χ3v) is 8.71. The maximum atomic E-state index is 13.7. The number of carbonyl (C=O) groups excluding carboxylic acids is 1. The van der Waals surface area contributed by atoms with Gasteiger partial charge in [0.1, 0.15) is 0 Å². The maximum absolute atomic E-state index is 13.7. The van der Waals surface area contributed by atoms with Crippen molar-refractivity contribution in [3.63, 3.8) is 0 Å². The molecule has 2 N–H and O–H groups in total. The van der Waals surface area contributed by atoms with E-state index in [0.717, 1.165) is 59.6 Å². The molecule has 3 aromatic rings. The van der Waals surface area contributed by atoms with Crippen LogP contribution in [0.15, 0.2) is 29.2 Å². The lowest BCUT2D eigenvalue weighted by molar-refractivity contribution is 0.0952. The monoisotopic (exact) mass is 532 g/mol. The van der Waals surface area contributed by atoms with Crippen LogP contribution in [-0.2, 0) is 6.54 Å². The number of nitrogens with one attached hydrogen (secondary N) is 2. The second kappa shape index (κ2) is 11.2. The first kappa shape index (κ1) is 27.5. The average Bonchev–Trinajstić information content (AvgIpc) is 3.24. The van der Waals surface area contributed by atoms with E-state index in [9.17, 15) is 9.59 Å². The molecule has 5 rings (SSSR count). The molecule has 8 nitrogen and oxygen atoms in total. The van der Waals surface area contributed by atoms with Crippen molar-refractivity contribution in [2.24, 2.45) is 0 Å². The van der Waals surface area contributed by atoms with E-state index in [1.54, 1.807) is 0 Å². The number of H-pyrrole nitrogens is 1. The lowest BCUT2D eigenvalue weighted by Crippen LogP contribution is -2.53. The summed E-state index contributed by atoms with van der Waals surface area (Å²) in [5.41, 5.74) is 6.13. The van der Waals surface area contributed by atoms with Crippen molar-refractivity contribution in [1.29, 1.82) is 0 Å². The van der Waals surface area contributed by atoms with Gasteiger partial charge in [-0.3, -0.25) is 14.5 Å². The number of aromatic nitrogens is 2. The summed E-state index contributed by atoms with van der Waals surface area (Å²) in [5, 5.41) is 4.05. The van der Waals surface area contributed by atoms with E-state index in [0.29, 0.717) is 17.2 Å². The summed E-state index contributed by atoms with van der Waals surface area (Å²) in [6, 6.07) is 7.23. The Morgan fingerprint density at radius 1 is 1.00 bits per heavy atom. The first-order valence-electron chi connectivity index (χ1n) is 14.4. The quantitative estimate of drug-likeness (QED) is 0.502. The molecule has 0 atom stereocenters. The van der Waals surface area contributed by atoms with Crippen LogP contribution in [0.3, 0.4) is 0 Å². The van der Waals surface area contributed by atoms with E-state index in [4.69, 9.17) is 0 Å². The van der Waals surface area contributed by atoms with Crippen LogP contribution in [0.1, 0.15) is 65.5 Å². The number of amides is 1. The van der Waals surface area contributed by atoms with Crippen molar-refractivity contribution in [3.05, 3.63) is 62.7 Å². The molecule has 0 radical (unpaired) electrons. The number of fused-ring (bicyclic) bond motifs is 1. The Labute approximate surface area is 232 Å². The van der Waals surface area contributed by atoms with Gasteiger partial charge in [0.2, 0.25) is 0 Å². The summed E-state index contributed by atoms with van der Waals surface area (Å²) in [6.45, 7) is 16.8. The number of nitrogens with zero attached hydrogens (tertiary/aromatic N) is 4. The summed E-state index contributed by atoms with van der Waals surface area (Å²) >= 11 is 0. The minimum Gasteiger partial charge on any atom is -0.369 e. The number of likely N-dealkylation sites (tertiary alicyclic amines) is 1. The van der Waals surface area contributed by atoms with Crippen LogP contribution in [0.5, 0.6) is 0 Å². The molecular formula is C31H44N6O2. The number of piperidine rings is 1. The van der Waals surface area contributed by atoms with Crippen molar-refractivity contribution in [2.45, 2.75) is 66.1 Å². The summed E-state index contributed by atoms with van der Waals surface area (Å²) in [5.74, 6) is -0.143. The Bertz CT molecular complexity index is 1400. The summed E-state index contributed by atoms with van der Waals surface area (Å²) < 4.78 is 2.27. The molecule has 39 heavy (non-hydrogen) atoms. The highest BCUT2D eigenvalue weighted by atomic mass is 16.1. The van der Waals surface area contributed by atoms with Crippen molar-refractivity contribution in [2.75, 3.05) is 51.2 Å². The molecule has 4 heterocycles. The highest BCUT2D eigenvalue weighted by molar-refractivity contribution is 6.09. The van der Waals surface area contributed by atoms with Crippen LogP contribution >= 0.6 is 0 Å². The lowest BCUT2D eigenvalue weighted by atomic mass is 10.0. The van der Waals surface area contributed by atoms with E-state index >= 15 is 0 Å². The molecule has 1 aromatic carbocycles. The number of pyridine rings is 1. The molecular weight excluding hydrogens is 488 g/mol. The second-order valence-corrected chi connectivity index (χ2v) is 11.9. The van der Waals surface area contributed by atoms with Crippen molar-refractivity contribution in [3.8, 4) is 0 Å². The van der Waals surface area contributed by atoms with Gasteiger partial charge in [-0.2, -0.15) is 0 Å². The Morgan fingerprint density at radius 3 is 2.33 bits per heavy atom. The lowest BCUT2D eigenvalue weighted by Gasteiger charge is -2.43. The fraction of sp³-hybridized carbons (Fsp3) is 0.548. The predicted molar refractivity (Wildman–Crippen MR) is 159 cm³/mol. The van der Waals surface area contributed by atoms with Gasteiger partial charge in [-0.15, -0.1) is 0 Å². The third kappa shape index (κ3) is 5.63. The van der Waals surface area contributed by atoms with Crippen LogP contribution in [0, 0.1) is 20.8 Å². The van der Waals surface area contributed by atoms with E-state index < -0.39 is 0 Å².